The average Bonchev–Trinajstić information content (AvgIpc) is 2.50. The van der Waals surface area contributed by atoms with Gasteiger partial charge in [-0.15, -0.1) is 0 Å². The molecule has 0 saturated carbocycles. The zero-order valence-corrected chi connectivity index (χ0v) is 11.4. The van der Waals surface area contributed by atoms with Crippen LogP contribution in [0.25, 0.3) is 0 Å². The van der Waals surface area contributed by atoms with E-state index in [1.165, 1.54) is 6.21 Å². The molecule has 0 bridgehead atoms. The lowest BCUT2D eigenvalue weighted by molar-refractivity contribution is 1.47. The van der Waals surface area contributed by atoms with Crippen molar-refractivity contribution in [3.63, 3.8) is 0 Å². The summed E-state index contributed by atoms with van der Waals surface area (Å²) >= 11 is 0. The molecule has 0 aliphatic heterocycles. The minimum atomic E-state index is 0.235. The topological polar surface area (TPSA) is 97.8 Å². The van der Waals surface area contributed by atoms with Crippen molar-refractivity contribution in [3.8, 4) is 0 Å². The third-order valence-electron chi connectivity index (χ3n) is 2.80. The largest absolute Gasteiger partial charge is 0.398 e. The van der Waals surface area contributed by atoms with Crippen LogP contribution < -0.4 is 16.4 Å². The van der Waals surface area contributed by atoms with Crippen molar-refractivity contribution < 1.29 is 0 Å². The Balaban J connectivity index is 1.94. The van der Waals surface area contributed by atoms with Crippen molar-refractivity contribution in [2.45, 2.75) is 0 Å². The van der Waals surface area contributed by atoms with Crippen LogP contribution in [0.15, 0.2) is 60.8 Å². The van der Waals surface area contributed by atoms with Gasteiger partial charge in [0.05, 0.1) is 0 Å². The second-order valence-corrected chi connectivity index (χ2v) is 4.37. The van der Waals surface area contributed by atoms with Gasteiger partial charge in [-0.2, -0.15) is 0 Å². The summed E-state index contributed by atoms with van der Waals surface area (Å²) in [6.45, 7) is 0. The van der Waals surface area contributed by atoms with Crippen molar-refractivity contribution in [1.29, 1.82) is 10.8 Å². The molecule has 0 amide bonds. The molecule has 2 rings (SSSR count). The Bertz CT molecular complexity index is 662. The number of hydrogen-bond acceptors (Lipinski definition) is 4. The Hall–Kier alpha value is -3.08. The summed E-state index contributed by atoms with van der Waals surface area (Å²) < 4.78 is 0. The Morgan fingerprint density at radius 3 is 2.52 bits per heavy atom. The molecule has 5 heteroatoms. The molecule has 6 N–H and O–H groups in total. The first kappa shape index (κ1) is 14.3. The van der Waals surface area contributed by atoms with Gasteiger partial charge >= 0.3 is 0 Å². The molecule has 2 aromatic rings. The van der Waals surface area contributed by atoms with Crippen LogP contribution in [0.4, 0.5) is 17.1 Å². The van der Waals surface area contributed by atoms with Gasteiger partial charge in [0.2, 0.25) is 0 Å². The number of para-hydroxylation sites is 1. The molecule has 5 nitrogen and oxygen atoms in total. The van der Waals surface area contributed by atoms with E-state index in [0.717, 1.165) is 11.4 Å². The van der Waals surface area contributed by atoms with E-state index in [9.17, 15) is 0 Å². The molecule has 0 unspecified atom stereocenters. The standard InChI is InChI=1S/C16H17N5/c17-11-12-10-14(6-7-15(12)18)21-16(19)8-9-20-13-4-2-1-3-5-13/h1-11,17,20H,18H2,(H2,19,21)/b9-8-,17-11?. The highest BCUT2D eigenvalue weighted by Gasteiger charge is 1.99. The average molecular weight is 279 g/mol. The quantitative estimate of drug-likeness (QED) is 0.330. The van der Waals surface area contributed by atoms with Crippen LogP contribution in [-0.2, 0) is 0 Å². The molecule has 0 atom stereocenters. The predicted molar refractivity (Wildman–Crippen MR) is 89.3 cm³/mol. The molecule has 0 saturated heterocycles. The number of anilines is 3. The molecule has 106 valence electrons. The smallest absolute Gasteiger partial charge is 0.123 e. The van der Waals surface area contributed by atoms with Gasteiger partial charge in [-0.1, -0.05) is 18.2 Å². The minimum absolute atomic E-state index is 0.235. The lowest BCUT2D eigenvalue weighted by Gasteiger charge is -2.07. The highest BCUT2D eigenvalue weighted by atomic mass is 14.9. The lowest BCUT2D eigenvalue weighted by atomic mass is 10.1. The van der Waals surface area contributed by atoms with E-state index in [1.54, 1.807) is 30.5 Å². The maximum atomic E-state index is 7.85. The third-order valence-corrected chi connectivity index (χ3v) is 2.80. The number of rotatable bonds is 5. The van der Waals surface area contributed by atoms with Gasteiger partial charge in [0.25, 0.3) is 0 Å². The number of nitrogen functional groups attached to an aromatic ring is 1. The molecule has 0 heterocycles. The fourth-order valence-electron chi connectivity index (χ4n) is 1.73. The van der Waals surface area contributed by atoms with Gasteiger partial charge in [0.15, 0.2) is 0 Å². The van der Waals surface area contributed by atoms with Crippen LogP contribution in [0.1, 0.15) is 5.56 Å². The van der Waals surface area contributed by atoms with Gasteiger partial charge < -0.3 is 21.8 Å². The van der Waals surface area contributed by atoms with Crippen LogP contribution in [0.2, 0.25) is 0 Å². The second-order valence-electron chi connectivity index (χ2n) is 4.37. The fraction of sp³-hybridized carbons (Fsp3) is 0. The Morgan fingerprint density at radius 2 is 1.81 bits per heavy atom. The summed E-state index contributed by atoms with van der Waals surface area (Å²) in [7, 11) is 0. The summed E-state index contributed by atoms with van der Waals surface area (Å²) in [5.41, 5.74) is 8.57. The number of hydrogen-bond donors (Lipinski definition) is 5. The number of amidine groups is 1. The summed E-state index contributed by atoms with van der Waals surface area (Å²) in [6, 6.07) is 14.9. The zero-order valence-electron chi connectivity index (χ0n) is 11.4. The Morgan fingerprint density at radius 1 is 1.05 bits per heavy atom. The predicted octanol–water partition coefficient (Wildman–Crippen LogP) is 3.28. The molecule has 0 aromatic heterocycles. The van der Waals surface area contributed by atoms with Gasteiger partial charge in [-0.05, 0) is 36.4 Å². The first-order chi connectivity index (χ1) is 10.2. The molecule has 0 radical (unpaired) electrons. The third kappa shape index (κ3) is 4.21. The molecular formula is C16H17N5. The van der Waals surface area contributed by atoms with Crippen LogP contribution in [0.3, 0.4) is 0 Å². The van der Waals surface area contributed by atoms with Crippen molar-refractivity contribution in [3.05, 3.63) is 66.4 Å². The van der Waals surface area contributed by atoms with Crippen molar-refractivity contribution in [2.24, 2.45) is 0 Å². The minimum Gasteiger partial charge on any atom is -0.398 e. The van der Waals surface area contributed by atoms with Gasteiger partial charge in [0, 0.05) is 35.0 Å². The van der Waals surface area contributed by atoms with Gasteiger partial charge in [-0.25, -0.2) is 0 Å². The molecule has 0 spiro atoms. The first-order valence-corrected chi connectivity index (χ1v) is 6.43. The normalized spacial score (nSPS) is 10.3. The van der Waals surface area contributed by atoms with Crippen LogP contribution in [0.5, 0.6) is 0 Å². The maximum Gasteiger partial charge on any atom is 0.123 e. The molecule has 0 aliphatic rings. The second kappa shape index (κ2) is 6.91. The van der Waals surface area contributed by atoms with Crippen LogP contribution >= 0.6 is 0 Å². The highest BCUT2D eigenvalue weighted by molar-refractivity contribution is 6.02. The Kier molecular flexibility index (Phi) is 4.71. The van der Waals surface area contributed by atoms with E-state index in [4.69, 9.17) is 16.6 Å². The molecule has 21 heavy (non-hydrogen) atoms. The van der Waals surface area contributed by atoms with Crippen LogP contribution in [-0.4, -0.2) is 12.1 Å². The van der Waals surface area contributed by atoms with E-state index in [-0.39, 0.29) is 5.84 Å². The fourth-order valence-corrected chi connectivity index (χ4v) is 1.73. The maximum absolute atomic E-state index is 7.85. The SMILES string of the molecule is N=Cc1cc(NC(=N)/C=C\Nc2ccccc2)ccc1N. The molecular weight excluding hydrogens is 262 g/mol. The van der Waals surface area contributed by atoms with E-state index in [0.29, 0.717) is 11.3 Å². The summed E-state index contributed by atoms with van der Waals surface area (Å²) in [5.74, 6) is 0.235. The molecule has 0 fully saturated rings. The van der Waals surface area contributed by atoms with Crippen molar-refractivity contribution in [1.82, 2.24) is 0 Å². The number of benzene rings is 2. The van der Waals surface area contributed by atoms with Crippen molar-refractivity contribution in [2.75, 3.05) is 16.4 Å². The van der Waals surface area contributed by atoms with Gasteiger partial charge in [-0.3, -0.25) is 5.41 Å². The summed E-state index contributed by atoms with van der Waals surface area (Å²) in [4.78, 5) is 0. The highest BCUT2D eigenvalue weighted by Crippen LogP contribution is 2.16. The lowest BCUT2D eigenvalue weighted by Crippen LogP contribution is -2.08. The Labute approximate surface area is 123 Å². The van der Waals surface area contributed by atoms with E-state index >= 15 is 0 Å². The first-order valence-electron chi connectivity index (χ1n) is 6.43. The van der Waals surface area contributed by atoms with Crippen LogP contribution in [0, 0.1) is 10.8 Å². The van der Waals surface area contributed by atoms with Crippen molar-refractivity contribution >= 4 is 29.1 Å². The monoisotopic (exact) mass is 279 g/mol. The zero-order chi connectivity index (χ0) is 15.1. The number of nitrogens with two attached hydrogens (primary N) is 1. The van der Waals surface area contributed by atoms with E-state index < -0.39 is 0 Å². The number of nitrogens with one attached hydrogen (secondary N) is 4. The van der Waals surface area contributed by atoms with Gasteiger partial charge in [0.1, 0.15) is 5.84 Å². The van der Waals surface area contributed by atoms with E-state index in [2.05, 4.69) is 10.6 Å². The van der Waals surface area contributed by atoms with E-state index in [1.807, 2.05) is 30.3 Å². The summed E-state index contributed by atoms with van der Waals surface area (Å²) in [5, 5.41) is 21.1. The molecule has 0 aliphatic carbocycles. The molecule has 2 aromatic carbocycles. The summed E-state index contributed by atoms with van der Waals surface area (Å²) in [6.07, 6.45) is 4.50.